The summed E-state index contributed by atoms with van der Waals surface area (Å²) >= 11 is 0. The van der Waals surface area contributed by atoms with Crippen LogP contribution in [0.1, 0.15) is 5.89 Å². The number of benzene rings is 1. The zero-order chi connectivity index (χ0) is 11.5. The van der Waals surface area contributed by atoms with Crippen molar-refractivity contribution in [2.75, 3.05) is 19.8 Å². The molecule has 0 unspecified atom stereocenters. The molecule has 0 bridgehead atoms. The molecule has 5 nitrogen and oxygen atoms in total. The first kappa shape index (κ1) is 10.6. The first-order valence-electron chi connectivity index (χ1n) is 4.98. The average molecular weight is 218 g/mol. The minimum absolute atomic E-state index is 0.594. The Labute approximate surface area is 93.9 Å². The quantitative estimate of drug-likeness (QED) is 0.788. The zero-order valence-corrected chi connectivity index (χ0v) is 9.34. The van der Waals surface area contributed by atoms with Crippen LogP contribution in [0.4, 0.5) is 5.69 Å². The van der Waals surface area contributed by atoms with E-state index in [0.29, 0.717) is 18.3 Å². The average Bonchev–Trinajstić information content (AvgIpc) is 2.66. The molecule has 1 aromatic carbocycles. The highest BCUT2D eigenvalue weighted by molar-refractivity contribution is 5.57. The summed E-state index contributed by atoms with van der Waals surface area (Å²) in [5.41, 5.74) is 7.23. The second kappa shape index (κ2) is 4.32. The normalized spacial score (nSPS) is 10.9. The highest BCUT2D eigenvalue weighted by Crippen LogP contribution is 2.17. The summed E-state index contributed by atoms with van der Waals surface area (Å²) in [5.74, 6) is 1.20. The van der Waals surface area contributed by atoms with E-state index in [1.54, 1.807) is 0 Å². The number of hydrogen-bond acceptors (Lipinski definition) is 5. The molecule has 0 saturated carbocycles. The highest BCUT2D eigenvalue weighted by atomic mass is 16.5. The van der Waals surface area contributed by atoms with Gasteiger partial charge in [-0.15, -0.1) is 0 Å². The zero-order valence-electron chi connectivity index (χ0n) is 9.34. The molecule has 5 heteroatoms. The summed E-state index contributed by atoms with van der Waals surface area (Å²) < 4.78 is 5.13. The summed E-state index contributed by atoms with van der Waals surface area (Å²) in [5, 5.41) is 3.92. The molecule has 0 fully saturated rings. The van der Waals surface area contributed by atoms with Gasteiger partial charge in [-0.25, -0.2) is 0 Å². The van der Waals surface area contributed by atoms with Gasteiger partial charge in [-0.2, -0.15) is 4.98 Å². The van der Waals surface area contributed by atoms with Crippen molar-refractivity contribution < 1.29 is 4.52 Å². The second-order valence-corrected chi connectivity index (χ2v) is 3.87. The Hall–Kier alpha value is -1.88. The van der Waals surface area contributed by atoms with Gasteiger partial charge < -0.3 is 15.2 Å². The maximum Gasteiger partial charge on any atom is 0.241 e. The van der Waals surface area contributed by atoms with Crippen LogP contribution in [-0.4, -0.2) is 29.1 Å². The number of hydrogen-bond donors (Lipinski definition) is 1. The number of aromatic nitrogens is 2. The third kappa shape index (κ3) is 2.38. The van der Waals surface area contributed by atoms with Gasteiger partial charge in [0.2, 0.25) is 11.7 Å². The van der Waals surface area contributed by atoms with E-state index in [0.717, 1.165) is 11.3 Å². The molecule has 1 aromatic heterocycles. The van der Waals surface area contributed by atoms with Gasteiger partial charge in [-0.1, -0.05) is 5.16 Å². The minimum atomic E-state index is 0.594. The summed E-state index contributed by atoms with van der Waals surface area (Å²) in [6.07, 6.45) is 0. The van der Waals surface area contributed by atoms with Crippen molar-refractivity contribution >= 4 is 5.69 Å². The lowest BCUT2D eigenvalue weighted by atomic mass is 10.2. The molecule has 0 radical (unpaired) electrons. The Bertz CT molecular complexity index is 461. The molecule has 0 aliphatic carbocycles. The van der Waals surface area contributed by atoms with Crippen molar-refractivity contribution in [2.45, 2.75) is 6.54 Å². The molecule has 16 heavy (non-hydrogen) atoms. The van der Waals surface area contributed by atoms with Crippen molar-refractivity contribution in [1.82, 2.24) is 15.0 Å². The van der Waals surface area contributed by atoms with Crippen molar-refractivity contribution in [3.63, 3.8) is 0 Å². The Kier molecular flexibility index (Phi) is 2.87. The van der Waals surface area contributed by atoms with E-state index in [9.17, 15) is 0 Å². The molecule has 0 amide bonds. The maximum absolute atomic E-state index is 5.60. The summed E-state index contributed by atoms with van der Waals surface area (Å²) in [6, 6.07) is 7.38. The lowest BCUT2D eigenvalue weighted by Crippen LogP contribution is -2.10. The van der Waals surface area contributed by atoms with Crippen molar-refractivity contribution in [3.8, 4) is 11.4 Å². The predicted octanol–water partition coefficient (Wildman–Crippen LogP) is 1.38. The topological polar surface area (TPSA) is 68.2 Å². The Morgan fingerprint density at radius 2 is 1.94 bits per heavy atom. The lowest BCUT2D eigenvalue weighted by Gasteiger charge is -2.02. The second-order valence-electron chi connectivity index (χ2n) is 3.87. The molecule has 2 aromatic rings. The molecular formula is C11H14N4O. The number of anilines is 1. The molecule has 0 atom stereocenters. The molecule has 2 N–H and O–H groups in total. The molecule has 0 aliphatic rings. The smallest absolute Gasteiger partial charge is 0.241 e. The van der Waals surface area contributed by atoms with Crippen LogP contribution in [0.2, 0.25) is 0 Å². The number of rotatable bonds is 3. The summed E-state index contributed by atoms with van der Waals surface area (Å²) in [4.78, 5) is 6.26. The lowest BCUT2D eigenvalue weighted by molar-refractivity contribution is 0.303. The number of nitrogen functional groups attached to an aromatic ring is 1. The third-order valence-electron chi connectivity index (χ3n) is 2.09. The van der Waals surface area contributed by atoms with Gasteiger partial charge in [0.05, 0.1) is 6.54 Å². The van der Waals surface area contributed by atoms with E-state index in [1.807, 2.05) is 43.3 Å². The minimum Gasteiger partial charge on any atom is -0.399 e. The highest BCUT2D eigenvalue weighted by Gasteiger charge is 2.08. The van der Waals surface area contributed by atoms with Crippen LogP contribution in [0, 0.1) is 0 Å². The number of nitrogens with two attached hydrogens (primary N) is 1. The van der Waals surface area contributed by atoms with E-state index in [-0.39, 0.29) is 0 Å². The molecule has 0 saturated heterocycles. The van der Waals surface area contributed by atoms with Gasteiger partial charge in [-0.3, -0.25) is 0 Å². The van der Waals surface area contributed by atoms with Crippen LogP contribution < -0.4 is 5.73 Å². The van der Waals surface area contributed by atoms with E-state index in [2.05, 4.69) is 10.1 Å². The Morgan fingerprint density at radius 1 is 1.25 bits per heavy atom. The molecular weight excluding hydrogens is 204 g/mol. The SMILES string of the molecule is CN(C)Cc1nc(-c2ccc(N)cc2)no1. The van der Waals surface area contributed by atoms with Crippen LogP contribution in [0.3, 0.4) is 0 Å². The van der Waals surface area contributed by atoms with Gasteiger partial charge in [0.25, 0.3) is 0 Å². The van der Waals surface area contributed by atoms with E-state index in [1.165, 1.54) is 0 Å². The molecule has 2 rings (SSSR count). The first-order chi connectivity index (χ1) is 7.65. The monoisotopic (exact) mass is 218 g/mol. The van der Waals surface area contributed by atoms with E-state index >= 15 is 0 Å². The van der Waals surface area contributed by atoms with Crippen molar-refractivity contribution in [2.24, 2.45) is 0 Å². The third-order valence-corrected chi connectivity index (χ3v) is 2.09. The molecule has 1 heterocycles. The standard InChI is InChI=1S/C11H14N4O/c1-15(2)7-10-13-11(14-16-10)8-3-5-9(12)6-4-8/h3-6H,7,12H2,1-2H3. The molecule has 84 valence electrons. The van der Waals surface area contributed by atoms with Gasteiger partial charge in [0, 0.05) is 11.3 Å². The predicted molar refractivity (Wildman–Crippen MR) is 61.5 cm³/mol. The van der Waals surface area contributed by atoms with Gasteiger partial charge in [-0.05, 0) is 38.4 Å². The van der Waals surface area contributed by atoms with Gasteiger partial charge >= 0.3 is 0 Å². The van der Waals surface area contributed by atoms with Crippen LogP contribution >= 0.6 is 0 Å². The van der Waals surface area contributed by atoms with Crippen LogP contribution in [0.5, 0.6) is 0 Å². The van der Waals surface area contributed by atoms with Crippen LogP contribution in [0.25, 0.3) is 11.4 Å². The van der Waals surface area contributed by atoms with E-state index in [4.69, 9.17) is 10.3 Å². The fourth-order valence-corrected chi connectivity index (χ4v) is 1.34. The maximum atomic E-state index is 5.60. The van der Waals surface area contributed by atoms with Gasteiger partial charge in [0.1, 0.15) is 0 Å². The molecule has 0 aliphatic heterocycles. The number of nitrogens with zero attached hydrogens (tertiary/aromatic N) is 3. The van der Waals surface area contributed by atoms with E-state index < -0.39 is 0 Å². The van der Waals surface area contributed by atoms with Gasteiger partial charge in [0.15, 0.2) is 0 Å². The van der Waals surface area contributed by atoms with Crippen molar-refractivity contribution in [1.29, 1.82) is 0 Å². The fraction of sp³-hybridized carbons (Fsp3) is 0.273. The molecule has 0 spiro atoms. The fourth-order valence-electron chi connectivity index (χ4n) is 1.34. The Balaban J connectivity index is 2.21. The van der Waals surface area contributed by atoms with Crippen LogP contribution in [-0.2, 0) is 6.54 Å². The van der Waals surface area contributed by atoms with Crippen molar-refractivity contribution in [3.05, 3.63) is 30.2 Å². The first-order valence-corrected chi connectivity index (χ1v) is 4.98. The Morgan fingerprint density at radius 3 is 2.56 bits per heavy atom. The summed E-state index contributed by atoms with van der Waals surface area (Å²) in [6.45, 7) is 0.641. The van der Waals surface area contributed by atoms with Crippen LogP contribution in [0.15, 0.2) is 28.8 Å². The largest absolute Gasteiger partial charge is 0.399 e. The summed E-state index contributed by atoms with van der Waals surface area (Å²) in [7, 11) is 3.90.